The monoisotopic (exact) mass is 405 g/mol. The second-order valence-electron chi connectivity index (χ2n) is 7.04. The SMILES string of the molecule is Cc1cc(Nc2nc(Sc3ccc(NC(=O)C4CC4)cc3)cn3ccnc23)n[nH]1. The normalized spacial score (nSPS) is 13.6. The predicted molar refractivity (Wildman–Crippen MR) is 112 cm³/mol. The highest BCUT2D eigenvalue weighted by atomic mass is 32.2. The van der Waals surface area contributed by atoms with Crippen molar-refractivity contribution < 1.29 is 4.79 Å². The molecule has 0 spiro atoms. The summed E-state index contributed by atoms with van der Waals surface area (Å²) in [5.41, 5.74) is 2.51. The molecule has 8 nitrogen and oxygen atoms in total. The Morgan fingerprint density at radius 2 is 2.10 bits per heavy atom. The Hall–Kier alpha value is -3.33. The third kappa shape index (κ3) is 3.95. The number of nitrogens with zero attached hydrogens (tertiary/aromatic N) is 4. The summed E-state index contributed by atoms with van der Waals surface area (Å²) >= 11 is 1.54. The molecule has 146 valence electrons. The zero-order chi connectivity index (χ0) is 19.8. The smallest absolute Gasteiger partial charge is 0.227 e. The predicted octanol–water partition coefficient (Wildman–Crippen LogP) is 4.00. The number of H-pyrrole nitrogens is 1. The van der Waals surface area contributed by atoms with E-state index in [2.05, 4.69) is 25.8 Å². The van der Waals surface area contributed by atoms with Crippen molar-refractivity contribution in [3.05, 3.63) is 54.6 Å². The van der Waals surface area contributed by atoms with E-state index < -0.39 is 0 Å². The summed E-state index contributed by atoms with van der Waals surface area (Å²) in [6.45, 7) is 1.94. The lowest BCUT2D eigenvalue weighted by Crippen LogP contribution is -2.12. The number of nitrogens with one attached hydrogen (secondary N) is 3. The number of amides is 1. The van der Waals surface area contributed by atoms with Crippen LogP contribution in [0.3, 0.4) is 0 Å². The van der Waals surface area contributed by atoms with Crippen LogP contribution >= 0.6 is 11.8 Å². The van der Waals surface area contributed by atoms with E-state index in [9.17, 15) is 4.79 Å². The molecule has 5 rings (SSSR count). The van der Waals surface area contributed by atoms with Gasteiger partial charge in [0, 0.05) is 46.9 Å². The molecule has 9 heteroatoms. The Balaban J connectivity index is 1.36. The molecule has 4 aromatic rings. The van der Waals surface area contributed by atoms with Crippen LogP contribution in [0.25, 0.3) is 5.65 Å². The minimum atomic E-state index is 0.113. The Bertz CT molecular complexity index is 1180. The van der Waals surface area contributed by atoms with Gasteiger partial charge in [-0.2, -0.15) is 5.10 Å². The molecular formula is C20H19N7OS. The Morgan fingerprint density at radius 3 is 2.83 bits per heavy atom. The van der Waals surface area contributed by atoms with Gasteiger partial charge < -0.3 is 15.0 Å². The van der Waals surface area contributed by atoms with E-state index in [0.717, 1.165) is 39.8 Å². The molecule has 29 heavy (non-hydrogen) atoms. The highest BCUT2D eigenvalue weighted by molar-refractivity contribution is 7.99. The van der Waals surface area contributed by atoms with Gasteiger partial charge in [-0.3, -0.25) is 9.89 Å². The first-order valence-corrected chi connectivity index (χ1v) is 10.2. The van der Waals surface area contributed by atoms with Crippen molar-refractivity contribution >= 4 is 40.6 Å². The van der Waals surface area contributed by atoms with E-state index in [0.29, 0.717) is 11.6 Å². The Labute approximate surface area is 171 Å². The van der Waals surface area contributed by atoms with Crippen molar-refractivity contribution in [2.45, 2.75) is 29.7 Å². The second-order valence-corrected chi connectivity index (χ2v) is 8.13. The Kier molecular flexibility index (Phi) is 4.44. The average molecular weight is 405 g/mol. The van der Waals surface area contributed by atoms with Crippen molar-refractivity contribution in [1.29, 1.82) is 0 Å². The van der Waals surface area contributed by atoms with Gasteiger partial charge in [-0.1, -0.05) is 11.8 Å². The van der Waals surface area contributed by atoms with Crippen LogP contribution in [0.5, 0.6) is 0 Å². The topological polar surface area (TPSA) is 100 Å². The van der Waals surface area contributed by atoms with Crippen molar-refractivity contribution in [3.8, 4) is 0 Å². The van der Waals surface area contributed by atoms with Gasteiger partial charge in [-0.15, -0.1) is 0 Å². The van der Waals surface area contributed by atoms with Crippen LogP contribution < -0.4 is 10.6 Å². The van der Waals surface area contributed by atoms with Gasteiger partial charge >= 0.3 is 0 Å². The first-order valence-electron chi connectivity index (χ1n) is 9.35. The van der Waals surface area contributed by atoms with Crippen molar-refractivity contribution in [2.24, 2.45) is 5.92 Å². The molecule has 1 saturated carbocycles. The molecule has 0 bridgehead atoms. The van der Waals surface area contributed by atoms with Gasteiger partial charge in [0.1, 0.15) is 5.03 Å². The fourth-order valence-electron chi connectivity index (χ4n) is 2.96. The summed E-state index contributed by atoms with van der Waals surface area (Å²) < 4.78 is 1.93. The third-order valence-electron chi connectivity index (χ3n) is 4.60. The van der Waals surface area contributed by atoms with Gasteiger partial charge in [0.05, 0.1) is 0 Å². The molecule has 1 amide bonds. The van der Waals surface area contributed by atoms with Gasteiger partial charge in [0.25, 0.3) is 0 Å². The number of hydrogen-bond acceptors (Lipinski definition) is 6. The third-order valence-corrected chi connectivity index (χ3v) is 5.51. The molecule has 3 heterocycles. The van der Waals surface area contributed by atoms with Crippen LogP contribution in [0.4, 0.5) is 17.3 Å². The summed E-state index contributed by atoms with van der Waals surface area (Å²) in [6.07, 6.45) is 7.56. The van der Waals surface area contributed by atoms with Crippen molar-refractivity contribution in [1.82, 2.24) is 24.6 Å². The van der Waals surface area contributed by atoms with Gasteiger partial charge in [0.15, 0.2) is 17.3 Å². The number of anilines is 3. The fraction of sp³-hybridized carbons (Fsp3) is 0.200. The van der Waals surface area contributed by atoms with Crippen molar-refractivity contribution in [2.75, 3.05) is 10.6 Å². The van der Waals surface area contributed by atoms with E-state index in [1.165, 1.54) is 0 Å². The second kappa shape index (κ2) is 7.25. The maximum atomic E-state index is 11.9. The zero-order valence-electron chi connectivity index (χ0n) is 15.7. The van der Waals surface area contributed by atoms with Crippen LogP contribution in [-0.2, 0) is 4.79 Å². The molecule has 0 saturated heterocycles. The van der Waals surface area contributed by atoms with Crippen molar-refractivity contribution in [3.63, 3.8) is 0 Å². The van der Waals surface area contributed by atoms with Crippen LogP contribution in [0, 0.1) is 12.8 Å². The number of hydrogen-bond donors (Lipinski definition) is 3. The minimum Gasteiger partial charge on any atom is -0.326 e. The van der Waals surface area contributed by atoms with E-state index in [4.69, 9.17) is 4.98 Å². The van der Waals surface area contributed by atoms with Crippen LogP contribution in [-0.4, -0.2) is 30.5 Å². The zero-order valence-corrected chi connectivity index (χ0v) is 16.5. The lowest BCUT2D eigenvalue weighted by Gasteiger charge is -2.09. The molecule has 1 aromatic carbocycles. The molecule has 3 N–H and O–H groups in total. The molecule has 0 atom stereocenters. The quantitative estimate of drug-likeness (QED) is 0.448. The number of aromatic nitrogens is 5. The number of aromatic amines is 1. The molecule has 1 fully saturated rings. The molecule has 1 aliphatic rings. The van der Waals surface area contributed by atoms with Gasteiger partial charge in [-0.25, -0.2) is 9.97 Å². The fourth-order valence-corrected chi connectivity index (χ4v) is 3.78. The van der Waals surface area contributed by atoms with E-state index in [1.807, 2.05) is 54.0 Å². The summed E-state index contributed by atoms with van der Waals surface area (Å²) in [4.78, 5) is 22.0. The number of benzene rings is 1. The number of carbonyl (C=O) groups is 1. The van der Waals surface area contributed by atoms with E-state index >= 15 is 0 Å². The summed E-state index contributed by atoms with van der Waals surface area (Å²) in [7, 11) is 0. The molecule has 3 aromatic heterocycles. The van der Waals surface area contributed by atoms with Gasteiger partial charge in [-0.05, 0) is 44.0 Å². The molecule has 0 unspecified atom stereocenters. The lowest BCUT2D eigenvalue weighted by molar-refractivity contribution is -0.117. The number of aryl methyl sites for hydroxylation is 1. The maximum absolute atomic E-state index is 11.9. The highest BCUT2D eigenvalue weighted by Crippen LogP contribution is 2.32. The van der Waals surface area contributed by atoms with Crippen LogP contribution in [0.2, 0.25) is 0 Å². The van der Waals surface area contributed by atoms with Crippen LogP contribution in [0.1, 0.15) is 18.5 Å². The molecule has 1 aliphatic carbocycles. The summed E-state index contributed by atoms with van der Waals surface area (Å²) in [5, 5.41) is 14.1. The van der Waals surface area contributed by atoms with E-state index in [-0.39, 0.29) is 11.8 Å². The summed E-state index contributed by atoms with van der Waals surface area (Å²) in [6, 6.07) is 9.72. The first kappa shape index (κ1) is 17.7. The molecule has 0 radical (unpaired) electrons. The maximum Gasteiger partial charge on any atom is 0.227 e. The Morgan fingerprint density at radius 1 is 1.28 bits per heavy atom. The minimum absolute atomic E-state index is 0.113. The number of imidazole rings is 1. The number of fused-ring (bicyclic) bond motifs is 1. The van der Waals surface area contributed by atoms with E-state index in [1.54, 1.807) is 18.0 Å². The highest BCUT2D eigenvalue weighted by Gasteiger charge is 2.29. The lowest BCUT2D eigenvalue weighted by atomic mass is 10.3. The van der Waals surface area contributed by atoms with Crippen LogP contribution in [0.15, 0.2) is 58.8 Å². The van der Waals surface area contributed by atoms with Gasteiger partial charge in [0.2, 0.25) is 5.91 Å². The molecular weight excluding hydrogens is 386 g/mol. The average Bonchev–Trinajstić information content (AvgIpc) is 3.32. The standard InChI is InChI=1S/C20H19N7OS/c1-12-10-16(26-25-12)23-18-19-21-8-9-27(19)11-17(24-18)29-15-6-4-14(5-7-15)22-20(28)13-2-3-13/h4-11,13H,2-3H2,1H3,(H,22,28)(H2,23,24,25,26). The number of rotatable bonds is 6. The number of carbonyl (C=O) groups excluding carboxylic acids is 1. The summed E-state index contributed by atoms with van der Waals surface area (Å²) in [5.74, 6) is 1.64. The molecule has 0 aliphatic heterocycles. The largest absolute Gasteiger partial charge is 0.326 e. The first-order chi connectivity index (χ1) is 14.1.